The van der Waals surface area contributed by atoms with Gasteiger partial charge in [0.25, 0.3) is 0 Å². The fraction of sp³-hybridized carbons (Fsp3) is 0.316. The lowest BCUT2D eigenvalue weighted by atomic mass is 9.99. The minimum atomic E-state index is -3.77. The second-order valence-corrected chi connectivity index (χ2v) is 9.24. The molecule has 1 aromatic heterocycles. The van der Waals surface area contributed by atoms with Gasteiger partial charge in [-0.15, -0.1) is 0 Å². The Hall–Kier alpha value is -2.56. The highest BCUT2D eigenvalue weighted by molar-refractivity contribution is 7.89. The van der Waals surface area contributed by atoms with Gasteiger partial charge < -0.3 is 10.1 Å². The van der Waals surface area contributed by atoms with Crippen molar-refractivity contribution in [2.75, 3.05) is 25.5 Å². The second-order valence-electron chi connectivity index (χ2n) is 6.81. The van der Waals surface area contributed by atoms with Crippen molar-refractivity contribution in [2.24, 2.45) is 5.92 Å². The number of benzene rings is 2. The molecule has 152 valence electrons. The average Bonchev–Trinajstić information content (AvgIpc) is 3.23. The van der Waals surface area contributed by atoms with Gasteiger partial charge in [0.2, 0.25) is 15.9 Å². The standard InChI is InChI=1S/C19H20N4O4S2/c1-27-15-9-7-14(8-10-15)20-19(24)13-4-3-11-23(12-13)29(25,26)17-6-2-5-16-18(17)22-28-21-16/h2,5-10,13H,3-4,11-12H2,1H3,(H,20,24)/t13-/m0/s1. The zero-order valence-corrected chi connectivity index (χ0v) is 17.4. The number of hydrogen-bond acceptors (Lipinski definition) is 7. The van der Waals surface area contributed by atoms with Gasteiger partial charge in [0.05, 0.1) is 24.8 Å². The van der Waals surface area contributed by atoms with E-state index >= 15 is 0 Å². The SMILES string of the molecule is COc1ccc(NC(=O)[C@H]2CCCN(S(=O)(=O)c3cccc4nsnc34)C2)cc1. The van der Waals surface area contributed by atoms with E-state index in [4.69, 9.17) is 4.74 Å². The van der Waals surface area contributed by atoms with Gasteiger partial charge in [-0.3, -0.25) is 4.79 Å². The third kappa shape index (κ3) is 3.96. The number of hydrogen-bond donors (Lipinski definition) is 1. The van der Waals surface area contributed by atoms with Crippen molar-refractivity contribution in [1.82, 2.24) is 13.1 Å². The highest BCUT2D eigenvalue weighted by Gasteiger charge is 2.34. The summed E-state index contributed by atoms with van der Waals surface area (Å²) in [6.45, 7) is 0.515. The molecule has 0 saturated carbocycles. The summed E-state index contributed by atoms with van der Waals surface area (Å²) in [7, 11) is -2.19. The molecule has 0 aliphatic carbocycles. The molecular formula is C19H20N4O4S2. The van der Waals surface area contributed by atoms with Crippen molar-refractivity contribution in [2.45, 2.75) is 17.7 Å². The molecule has 4 rings (SSSR count). The van der Waals surface area contributed by atoms with Crippen molar-refractivity contribution in [3.8, 4) is 5.75 Å². The molecule has 1 N–H and O–H groups in total. The Balaban J connectivity index is 1.51. The van der Waals surface area contributed by atoms with Crippen molar-refractivity contribution in [1.29, 1.82) is 0 Å². The highest BCUT2D eigenvalue weighted by Crippen LogP contribution is 2.28. The molecule has 1 aliphatic heterocycles. The summed E-state index contributed by atoms with van der Waals surface area (Å²) in [5.74, 6) is 0.0839. The number of fused-ring (bicyclic) bond motifs is 1. The zero-order valence-electron chi connectivity index (χ0n) is 15.7. The molecule has 0 spiro atoms. The van der Waals surface area contributed by atoms with Crippen LogP contribution in [0.1, 0.15) is 12.8 Å². The number of ether oxygens (including phenoxy) is 1. The summed E-state index contributed by atoms with van der Waals surface area (Å²) >= 11 is 0.983. The van der Waals surface area contributed by atoms with E-state index in [2.05, 4.69) is 14.1 Å². The van der Waals surface area contributed by atoms with Gasteiger partial charge in [0.15, 0.2) is 0 Å². The zero-order chi connectivity index (χ0) is 20.4. The average molecular weight is 433 g/mol. The number of carbonyl (C=O) groups excluding carboxylic acids is 1. The van der Waals surface area contributed by atoms with Gasteiger partial charge in [-0.05, 0) is 49.2 Å². The van der Waals surface area contributed by atoms with Crippen LogP contribution >= 0.6 is 11.7 Å². The number of carbonyl (C=O) groups is 1. The van der Waals surface area contributed by atoms with Gasteiger partial charge in [0, 0.05) is 18.8 Å². The maximum atomic E-state index is 13.2. The Bertz CT molecular complexity index is 1130. The number of rotatable bonds is 5. The molecule has 0 radical (unpaired) electrons. The lowest BCUT2D eigenvalue weighted by Crippen LogP contribution is -2.43. The van der Waals surface area contributed by atoms with Crippen molar-refractivity contribution in [3.63, 3.8) is 0 Å². The Morgan fingerprint density at radius 2 is 2.00 bits per heavy atom. The number of nitrogens with one attached hydrogen (secondary N) is 1. The number of anilines is 1. The molecule has 1 atom stereocenters. The molecule has 2 aromatic carbocycles. The van der Waals surface area contributed by atoms with Gasteiger partial charge in [0.1, 0.15) is 21.7 Å². The maximum absolute atomic E-state index is 13.2. The largest absolute Gasteiger partial charge is 0.497 e. The molecule has 10 heteroatoms. The van der Waals surface area contributed by atoms with Crippen molar-refractivity contribution < 1.29 is 17.9 Å². The Kier molecular flexibility index (Phi) is 5.48. The van der Waals surface area contributed by atoms with Gasteiger partial charge in [-0.25, -0.2) is 8.42 Å². The van der Waals surface area contributed by atoms with E-state index in [0.717, 1.165) is 11.7 Å². The third-order valence-electron chi connectivity index (χ3n) is 4.98. The minimum absolute atomic E-state index is 0.137. The van der Waals surface area contributed by atoms with Gasteiger partial charge in [-0.2, -0.15) is 13.1 Å². The summed E-state index contributed by atoms with van der Waals surface area (Å²) in [6.07, 6.45) is 1.25. The molecule has 1 aliphatic rings. The molecule has 1 saturated heterocycles. The van der Waals surface area contributed by atoms with Crippen LogP contribution < -0.4 is 10.1 Å². The van der Waals surface area contributed by atoms with Crippen LogP contribution in [0.5, 0.6) is 5.75 Å². The molecule has 0 unspecified atom stereocenters. The maximum Gasteiger partial charge on any atom is 0.245 e. The first-order chi connectivity index (χ1) is 14.0. The second kappa shape index (κ2) is 8.05. The fourth-order valence-corrected chi connectivity index (χ4v) is 5.70. The molecular weight excluding hydrogens is 412 g/mol. The first-order valence-electron chi connectivity index (χ1n) is 9.15. The monoisotopic (exact) mass is 432 g/mol. The smallest absolute Gasteiger partial charge is 0.245 e. The topological polar surface area (TPSA) is 101 Å². The summed E-state index contributed by atoms with van der Waals surface area (Å²) in [6, 6.07) is 12.0. The van der Waals surface area contributed by atoms with E-state index in [9.17, 15) is 13.2 Å². The van der Waals surface area contributed by atoms with Crippen LogP contribution in [0.2, 0.25) is 0 Å². The minimum Gasteiger partial charge on any atom is -0.497 e. The Morgan fingerprint density at radius 1 is 1.21 bits per heavy atom. The number of amides is 1. The first-order valence-corrected chi connectivity index (χ1v) is 11.3. The van der Waals surface area contributed by atoms with Crippen LogP contribution in [0.25, 0.3) is 11.0 Å². The number of sulfonamides is 1. The van der Waals surface area contributed by atoms with Crippen LogP contribution in [0, 0.1) is 5.92 Å². The van der Waals surface area contributed by atoms with Crippen LogP contribution in [0.15, 0.2) is 47.4 Å². The molecule has 3 aromatic rings. The Morgan fingerprint density at radius 3 is 2.76 bits per heavy atom. The molecule has 1 amide bonds. The van der Waals surface area contributed by atoms with Crippen LogP contribution in [0.4, 0.5) is 5.69 Å². The number of aromatic nitrogens is 2. The Labute approximate surface area is 172 Å². The van der Waals surface area contributed by atoms with E-state index in [1.54, 1.807) is 49.6 Å². The van der Waals surface area contributed by atoms with E-state index in [1.807, 2.05) is 0 Å². The summed E-state index contributed by atoms with van der Waals surface area (Å²) < 4.78 is 41.2. The number of methoxy groups -OCH3 is 1. The molecule has 1 fully saturated rings. The van der Waals surface area contributed by atoms with Crippen LogP contribution in [-0.2, 0) is 14.8 Å². The predicted molar refractivity (Wildman–Crippen MR) is 111 cm³/mol. The summed E-state index contributed by atoms with van der Waals surface area (Å²) in [5, 5.41) is 2.86. The molecule has 0 bridgehead atoms. The lowest BCUT2D eigenvalue weighted by Gasteiger charge is -2.31. The van der Waals surface area contributed by atoms with Crippen molar-refractivity contribution >= 4 is 44.4 Å². The normalized spacial score (nSPS) is 17.9. The van der Waals surface area contributed by atoms with Crippen molar-refractivity contribution in [3.05, 3.63) is 42.5 Å². The summed E-state index contributed by atoms with van der Waals surface area (Å²) in [4.78, 5) is 12.9. The molecule has 8 nitrogen and oxygen atoms in total. The quantitative estimate of drug-likeness (QED) is 0.665. The van der Waals surface area contributed by atoms with Crippen LogP contribution in [-0.4, -0.2) is 47.6 Å². The van der Waals surface area contributed by atoms with E-state index in [0.29, 0.717) is 41.9 Å². The fourth-order valence-electron chi connectivity index (χ4n) is 3.42. The van der Waals surface area contributed by atoms with E-state index in [1.165, 1.54) is 4.31 Å². The number of nitrogens with zero attached hydrogens (tertiary/aromatic N) is 3. The van der Waals surface area contributed by atoms with Crippen LogP contribution in [0.3, 0.4) is 0 Å². The third-order valence-corrected chi connectivity index (χ3v) is 7.42. The molecule has 29 heavy (non-hydrogen) atoms. The number of piperidine rings is 1. The lowest BCUT2D eigenvalue weighted by molar-refractivity contribution is -0.120. The van der Waals surface area contributed by atoms with Gasteiger partial charge in [-0.1, -0.05) is 6.07 Å². The summed E-state index contributed by atoms with van der Waals surface area (Å²) in [5.41, 5.74) is 1.58. The predicted octanol–water partition coefficient (Wildman–Crippen LogP) is 2.74. The van der Waals surface area contributed by atoms with Gasteiger partial charge >= 0.3 is 0 Å². The van der Waals surface area contributed by atoms with E-state index in [-0.39, 0.29) is 17.3 Å². The van der Waals surface area contributed by atoms with E-state index < -0.39 is 15.9 Å². The molecule has 2 heterocycles. The highest BCUT2D eigenvalue weighted by atomic mass is 32.2. The first kappa shape index (κ1) is 19.7.